The van der Waals surface area contributed by atoms with Crippen molar-refractivity contribution in [2.24, 2.45) is 0 Å². The van der Waals surface area contributed by atoms with Gasteiger partial charge in [-0.2, -0.15) is 0 Å². The minimum Gasteiger partial charge on any atom is -0.381 e. The second-order valence-electron chi connectivity index (χ2n) is 4.59. The van der Waals surface area contributed by atoms with Crippen LogP contribution >= 0.6 is 0 Å². The molecule has 0 aliphatic carbocycles. The van der Waals surface area contributed by atoms with Crippen molar-refractivity contribution in [2.45, 2.75) is 58.2 Å². The van der Waals surface area contributed by atoms with Crippen molar-refractivity contribution in [1.29, 1.82) is 0 Å². The Balaban J connectivity index is 2.27. The van der Waals surface area contributed by atoms with Crippen LogP contribution < -0.4 is 10.6 Å². The van der Waals surface area contributed by atoms with Gasteiger partial charge in [-0.15, -0.1) is 0 Å². The van der Waals surface area contributed by atoms with Gasteiger partial charge in [0.25, 0.3) is 0 Å². The van der Waals surface area contributed by atoms with Crippen molar-refractivity contribution in [3.8, 4) is 0 Å². The first-order valence-corrected chi connectivity index (χ1v) is 6.27. The molecule has 1 aliphatic heterocycles. The van der Waals surface area contributed by atoms with Gasteiger partial charge in [-0.3, -0.25) is 4.79 Å². The normalized spacial score (nSPS) is 21.4. The molecule has 94 valence electrons. The molecule has 0 aromatic carbocycles. The molecular weight excluding hydrogens is 204 g/mol. The van der Waals surface area contributed by atoms with E-state index in [1.165, 1.54) is 0 Å². The van der Waals surface area contributed by atoms with E-state index in [1.807, 2.05) is 13.8 Å². The molecule has 1 rings (SSSR count). The number of amides is 1. The maximum Gasteiger partial charge on any atom is 0.237 e. The second-order valence-corrected chi connectivity index (χ2v) is 4.59. The van der Waals surface area contributed by atoms with E-state index in [2.05, 4.69) is 17.6 Å². The Kier molecular flexibility index (Phi) is 5.77. The molecule has 4 nitrogen and oxygen atoms in total. The van der Waals surface area contributed by atoms with E-state index in [0.717, 1.165) is 32.5 Å². The van der Waals surface area contributed by atoms with Gasteiger partial charge >= 0.3 is 0 Å². The van der Waals surface area contributed by atoms with Gasteiger partial charge in [-0.25, -0.2) is 0 Å². The van der Waals surface area contributed by atoms with E-state index in [-0.39, 0.29) is 18.0 Å². The van der Waals surface area contributed by atoms with Gasteiger partial charge in [0, 0.05) is 25.3 Å². The molecule has 0 radical (unpaired) electrons. The lowest BCUT2D eigenvalue weighted by Gasteiger charge is -2.26. The number of carbonyl (C=O) groups is 1. The molecule has 2 N–H and O–H groups in total. The number of rotatable bonds is 5. The summed E-state index contributed by atoms with van der Waals surface area (Å²) in [7, 11) is 0. The van der Waals surface area contributed by atoms with Crippen molar-refractivity contribution in [2.75, 3.05) is 13.2 Å². The highest BCUT2D eigenvalue weighted by Crippen LogP contribution is 2.07. The molecule has 0 aromatic heterocycles. The quantitative estimate of drug-likeness (QED) is 0.739. The lowest BCUT2D eigenvalue weighted by molar-refractivity contribution is -0.123. The molecule has 2 unspecified atom stereocenters. The Hall–Kier alpha value is -0.610. The van der Waals surface area contributed by atoms with Crippen LogP contribution in [0.2, 0.25) is 0 Å². The summed E-state index contributed by atoms with van der Waals surface area (Å²) in [6.45, 7) is 7.63. The maximum absolute atomic E-state index is 11.8. The molecule has 1 amide bonds. The topological polar surface area (TPSA) is 50.4 Å². The van der Waals surface area contributed by atoms with Crippen LogP contribution in [0.1, 0.15) is 40.0 Å². The molecular formula is C12H24N2O2. The van der Waals surface area contributed by atoms with Crippen molar-refractivity contribution in [3.63, 3.8) is 0 Å². The number of ether oxygens (including phenoxy) is 1. The first-order chi connectivity index (χ1) is 7.63. The molecule has 2 atom stereocenters. The largest absolute Gasteiger partial charge is 0.381 e. The first-order valence-electron chi connectivity index (χ1n) is 6.27. The fourth-order valence-electron chi connectivity index (χ4n) is 1.76. The van der Waals surface area contributed by atoms with Gasteiger partial charge < -0.3 is 15.4 Å². The summed E-state index contributed by atoms with van der Waals surface area (Å²) in [6.07, 6.45) is 2.97. The van der Waals surface area contributed by atoms with E-state index < -0.39 is 0 Å². The van der Waals surface area contributed by atoms with Crippen molar-refractivity contribution < 1.29 is 9.53 Å². The molecule has 0 aromatic rings. The van der Waals surface area contributed by atoms with Crippen LogP contribution in [0.25, 0.3) is 0 Å². The summed E-state index contributed by atoms with van der Waals surface area (Å²) in [6, 6.07) is 0.565. The Morgan fingerprint density at radius 1 is 1.38 bits per heavy atom. The predicted octanol–water partition coefficient (Wildman–Crippen LogP) is 1.06. The molecule has 1 aliphatic rings. The Morgan fingerprint density at radius 2 is 2.00 bits per heavy atom. The fraction of sp³-hybridized carbons (Fsp3) is 0.917. The number of carbonyl (C=O) groups excluding carboxylic acids is 1. The first kappa shape index (κ1) is 13.5. The second kappa shape index (κ2) is 6.86. The van der Waals surface area contributed by atoms with E-state index in [1.54, 1.807) is 0 Å². The van der Waals surface area contributed by atoms with Gasteiger partial charge in [-0.05, 0) is 33.1 Å². The lowest BCUT2D eigenvalue weighted by atomic mass is 10.1. The third kappa shape index (κ3) is 4.49. The maximum atomic E-state index is 11.8. The molecule has 1 heterocycles. The van der Waals surface area contributed by atoms with Gasteiger partial charge in [0.2, 0.25) is 5.91 Å². The lowest BCUT2D eigenvalue weighted by Crippen LogP contribution is -2.49. The van der Waals surface area contributed by atoms with Gasteiger partial charge in [-0.1, -0.05) is 6.92 Å². The molecule has 1 fully saturated rings. The Labute approximate surface area is 98.1 Å². The van der Waals surface area contributed by atoms with Crippen LogP contribution in [0, 0.1) is 0 Å². The van der Waals surface area contributed by atoms with Crippen molar-refractivity contribution in [1.82, 2.24) is 10.6 Å². The number of nitrogens with one attached hydrogen (secondary N) is 2. The summed E-state index contributed by atoms with van der Waals surface area (Å²) >= 11 is 0. The average Bonchev–Trinajstić information content (AvgIpc) is 2.30. The summed E-state index contributed by atoms with van der Waals surface area (Å²) < 4.78 is 5.28. The van der Waals surface area contributed by atoms with Crippen LogP contribution in [0.3, 0.4) is 0 Å². The monoisotopic (exact) mass is 228 g/mol. The van der Waals surface area contributed by atoms with E-state index in [4.69, 9.17) is 4.74 Å². The number of hydrogen-bond acceptors (Lipinski definition) is 3. The van der Waals surface area contributed by atoms with Crippen LogP contribution in [0.4, 0.5) is 0 Å². The summed E-state index contributed by atoms with van der Waals surface area (Å²) in [4.78, 5) is 11.8. The van der Waals surface area contributed by atoms with Crippen LogP contribution in [-0.2, 0) is 9.53 Å². The standard InChI is InChI=1S/C12H24N2O2/c1-4-9(2)13-12(15)10(3)14-11-5-7-16-8-6-11/h9-11,14H,4-8H2,1-3H3,(H,13,15). The Bertz CT molecular complexity index is 215. The van der Waals surface area contributed by atoms with Crippen LogP contribution in [0.15, 0.2) is 0 Å². The fourth-order valence-corrected chi connectivity index (χ4v) is 1.76. The summed E-state index contributed by atoms with van der Waals surface area (Å²) in [5, 5.41) is 6.34. The SMILES string of the molecule is CCC(C)NC(=O)C(C)NC1CCOCC1. The minimum atomic E-state index is -0.114. The molecule has 0 bridgehead atoms. The van der Waals surface area contributed by atoms with Crippen molar-refractivity contribution >= 4 is 5.91 Å². The molecule has 16 heavy (non-hydrogen) atoms. The third-order valence-electron chi connectivity index (χ3n) is 3.10. The third-order valence-corrected chi connectivity index (χ3v) is 3.10. The van der Waals surface area contributed by atoms with Gasteiger partial charge in [0.15, 0.2) is 0 Å². The number of hydrogen-bond donors (Lipinski definition) is 2. The zero-order valence-electron chi connectivity index (χ0n) is 10.6. The molecule has 0 saturated carbocycles. The summed E-state index contributed by atoms with van der Waals surface area (Å²) in [5.41, 5.74) is 0. The Morgan fingerprint density at radius 3 is 2.56 bits per heavy atom. The molecule has 4 heteroatoms. The van der Waals surface area contributed by atoms with E-state index >= 15 is 0 Å². The highest BCUT2D eigenvalue weighted by atomic mass is 16.5. The molecule has 1 saturated heterocycles. The highest BCUT2D eigenvalue weighted by Gasteiger charge is 2.20. The highest BCUT2D eigenvalue weighted by molar-refractivity contribution is 5.81. The van der Waals surface area contributed by atoms with Gasteiger partial charge in [0.1, 0.15) is 0 Å². The van der Waals surface area contributed by atoms with Crippen molar-refractivity contribution in [3.05, 3.63) is 0 Å². The zero-order valence-corrected chi connectivity index (χ0v) is 10.6. The predicted molar refractivity (Wildman–Crippen MR) is 64.3 cm³/mol. The minimum absolute atomic E-state index is 0.0980. The summed E-state index contributed by atoms with van der Waals surface area (Å²) in [5.74, 6) is 0.0980. The van der Waals surface area contributed by atoms with E-state index in [9.17, 15) is 4.79 Å². The van der Waals surface area contributed by atoms with Crippen LogP contribution in [-0.4, -0.2) is 37.2 Å². The average molecular weight is 228 g/mol. The smallest absolute Gasteiger partial charge is 0.237 e. The zero-order chi connectivity index (χ0) is 12.0. The molecule has 0 spiro atoms. The van der Waals surface area contributed by atoms with E-state index in [0.29, 0.717) is 6.04 Å². The van der Waals surface area contributed by atoms with Gasteiger partial charge in [0.05, 0.1) is 6.04 Å². The van der Waals surface area contributed by atoms with Crippen LogP contribution in [0.5, 0.6) is 0 Å².